The van der Waals surface area contributed by atoms with Crippen LogP contribution in [0.15, 0.2) is 0 Å². The first-order valence-electron chi connectivity index (χ1n) is 6.08. The van der Waals surface area contributed by atoms with Crippen LogP contribution in [0.4, 0.5) is 0 Å². The largest absolute Gasteiger partial charge is 0.469 e. The van der Waals surface area contributed by atoms with E-state index < -0.39 is 38.2 Å². The highest BCUT2D eigenvalue weighted by atomic mass is 31.2. The van der Waals surface area contributed by atoms with Crippen LogP contribution in [0.1, 0.15) is 6.92 Å². The molecule has 1 fully saturated rings. The van der Waals surface area contributed by atoms with Gasteiger partial charge in [0.2, 0.25) is 0 Å². The predicted octanol–water partition coefficient (Wildman–Crippen LogP) is -0.576. The molecule has 116 valence electrons. The van der Waals surface area contributed by atoms with Crippen molar-refractivity contribution in [3.63, 3.8) is 0 Å². The van der Waals surface area contributed by atoms with Gasteiger partial charge in [-0.2, -0.15) is 0 Å². The summed E-state index contributed by atoms with van der Waals surface area (Å²) in [6.07, 6.45) is -2.80. The van der Waals surface area contributed by atoms with Gasteiger partial charge in [-0.25, -0.2) is 4.57 Å². The lowest BCUT2D eigenvalue weighted by atomic mass is 9.92. The topological polar surface area (TPSA) is 104 Å². The van der Waals surface area contributed by atoms with E-state index in [4.69, 9.17) is 36.6 Å². The summed E-state index contributed by atoms with van der Waals surface area (Å²) in [5.74, 6) is 0. The van der Waals surface area contributed by atoms with E-state index >= 15 is 0 Å². The van der Waals surface area contributed by atoms with Gasteiger partial charge in [0, 0.05) is 20.2 Å². The third-order valence-electron chi connectivity index (χ3n) is 2.92. The molecule has 0 aromatic heterocycles. The van der Waals surface area contributed by atoms with Crippen molar-refractivity contribution in [2.45, 2.75) is 37.3 Å². The van der Waals surface area contributed by atoms with Gasteiger partial charge in [-0.15, -0.1) is 0 Å². The van der Waals surface area contributed by atoms with E-state index in [1.54, 1.807) is 7.11 Å². The zero-order valence-electron chi connectivity index (χ0n) is 11.7. The van der Waals surface area contributed by atoms with Gasteiger partial charge in [0.15, 0.2) is 0 Å². The Morgan fingerprint density at radius 2 is 1.95 bits per heavy atom. The van der Waals surface area contributed by atoms with E-state index in [-0.39, 0.29) is 0 Å². The first-order valence-corrected chi connectivity index (χ1v) is 7.61. The molecular weight excluding hydrogens is 290 g/mol. The Morgan fingerprint density at radius 3 is 2.45 bits per heavy atom. The van der Waals surface area contributed by atoms with Crippen molar-refractivity contribution in [1.29, 1.82) is 0 Å². The first-order chi connectivity index (χ1) is 9.30. The SMILES string of the molecule is [B][C@@H]1O[C@H](C(C)OP(=O)(O)O)[C@@H](OC)[C@H]1OCCOC. The zero-order valence-corrected chi connectivity index (χ0v) is 12.6. The van der Waals surface area contributed by atoms with Gasteiger partial charge >= 0.3 is 7.82 Å². The van der Waals surface area contributed by atoms with Crippen LogP contribution in [0.2, 0.25) is 0 Å². The number of methoxy groups -OCH3 is 2. The Bertz CT molecular complexity index is 337. The average Bonchev–Trinajstić information content (AvgIpc) is 2.64. The van der Waals surface area contributed by atoms with Crippen LogP contribution in [0.5, 0.6) is 0 Å². The Hall–Kier alpha value is 0.0149. The second-order valence-electron chi connectivity index (χ2n) is 4.39. The second kappa shape index (κ2) is 7.86. The molecule has 20 heavy (non-hydrogen) atoms. The molecule has 1 saturated heterocycles. The molecule has 0 aliphatic carbocycles. The van der Waals surface area contributed by atoms with E-state index in [1.165, 1.54) is 14.0 Å². The molecule has 5 atom stereocenters. The van der Waals surface area contributed by atoms with Crippen molar-refractivity contribution in [2.75, 3.05) is 27.4 Å². The molecule has 10 heteroatoms. The minimum Gasteiger partial charge on any atom is -0.382 e. The first kappa shape index (κ1) is 18.1. The standard InChI is InChI=1S/C10H20BO8P/c1-6(19-20(12,13)14)7-8(16-3)9(10(11)18-7)17-5-4-15-2/h6-10H,4-5H2,1-3H3,(H2,12,13,14)/t6?,7-,8-,9-,10-/m1/s1. The molecule has 2 radical (unpaired) electrons. The van der Waals surface area contributed by atoms with Crippen molar-refractivity contribution >= 4 is 15.7 Å². The molecule has 0 aromatic carbocycles. The van der Waals surface area contributed by atoms with Gasteiger partial charge in [0.25, 0.3) is 0 Å². The van der Waals surface area contributed by atoms with Crippen LogP contribution < -0.4 is 0 Å². The molecule has 0 spiro atoms. The van der Waals surface area contributed by atoms with E-state index in [2.05, 4.69) is 4.52 Å². The normalized spacial score (nSPS) is 32.5. The van der Waals surface area contributed by atoms with Gasteiger partial charge in [0.1, 0.15) is 26.2 Å². The highest BCUT2D eigenvalue weighted by molar-refractivity contribution is 7.46. The smallest absolute Gasteiger partial charge is 0.382 e. The summed E-state index contributed by atoms with van der Waals surface area (Å²) in [4.78, 5) is 17.7. The molecule has 1 aliphatic rings. The molecule has 1 unspecified atom stereocenters. The second-order valence-corrected chi connectivity index (χ2v) is 5.59. The summed E-state index contributed by atoms with van der Waals surface area (Å²) in [7, 11) is 4.17. The molecule has 2 N–H and O–H groups in total. The van der Waals surface area contributed by atoms with E-state index in [0.29, 0.717) is 13.2 Å². The maximum Gasteiger partial charge on any atom is 0.469 e. The predicted molar refractivity (Wildman–Crippen MR) is 69.4 cm³/mol. The third-order valence-corrected chi connectivity index (χ3v) is 3.53. The fraction of sp³-hybridized carbons (Fsp3) is 1.00. The van der Waals surface area contributed by atoms with Gasteiger partial charge < -0.3 is 28.7 Å². The Morgan fingerprint density at radius 1 is 1.30 bits per heavy atom. The number of rotatable bonds is 8. The lowest BCUT2D eigenvalue weighted by Crippen LogP contribution is -2.41. The van der Waals surface area contributed by atoms with Gasteiger partial charge in [-0.05, 0) is 6.92 Å². The average molecular weight is 310 g/mol. The summed E-state index contributed by atoms with van der Waals surface area (Å²) in [6, 6.07) is -0.773. The highest BCUT2D eigenvalue weighted by Crippen LogP contribution is 2.40. The van der Waals surface area contributed by atoms with Gasteiger partial charge in [-0.1, -0.05) is 0 Å². The summed E-state index contributed by atoms with van der Waals surface area (Å²) in [5, 5.41) is 0. The molecule has 0 bridgehead atoms. The quantitative estimate of drug-likeness (QED) is 0.349. The lowest BCUT2D eigenvalue weighted by molar-refractivity contribution is -0.0732. The number of ether oxygens (including phenoxy) is 4. The maximum atomic E-state index is 10.9. The lowest BCUT2D eigenvalue weighted by Gasteiger charge is -2.26. The van der Waals surface area contributed by atoms with Crippen molar-refractivity contribution in [3.8, 4) is 0 Å². The Kier molecular flexibility index (Phi) is 7.10. The van der Waals surface area contributed by atoms with Crippen LogP contribution in [-0.4, -0.2) is 75.5 Å². The van der Waals surface area contributed by atoms with Crippen molar-refractivity contribution in [1.82, 2.24) is 0 Å². The minimum absolute atomic E-state index is 0.304. The monoisotopic (exact) mass is 310 g/mol. The number of hydrogen-bond donors (Lipinski definition) is 2. The molecular formula is C10H20BO8P. The number of hydrogen-bond acceptors (Lipinski definition) is 6. The molecule has 1 heterocycles. The van der Waals surface area contributed by atoms with E-state index in [1.807, 2.05) is 0 Å². The number of phosphoric acid groups is 1. The molecule has 1 aliphatic heterocycles. The van der Waals surface area contributed by atoms with Crippen LogP contribution in [-0.2, 0) is 28.0 Å². The fourth-order valence-electron chi connectivity index (χ4n) is 2.09. The molecule has 1 rings (SSSR count). The van der Waals surface area contributed by atoms with Gasteiger partial charge in [-0.3, -0.25) is 4.52 Å². The van der Waals surface area contributed by atoms with Crippen molar-refractivity contribution in [3.05, 3.63) is 0 Å². The number of phosphoric ester groups is 1. The maximum absolute atomic E-state index is 10.9. The minimum atomic E-state index is -4.61. The summed E-state index contributed by atoms with van der Waals surface area (Å²) < 4.78 is 36.6. The van der Waals surface area contributed by atoms with Gasteiger partial charge in [0.05, 0.1) is 19.3 Å². The molecule has 0 saturated carbocycles. The Labute approximate surface area is 119 Å². The van der Waals surface area contributed by atoms with Crippen molar-refractivity contribution in [2.24, 2.45) is 0 Å². The van der Waals surface area contributed by atoms with Crippen molar-refractivity contribution < 1.29 is 37.8 Å². The Balaban J connectivity index is 2.66. The summed E-state index contributed by atoms with van der Waals surface area (Å²) in [6.45, 7) is 2.16. The highest BCUT2D eigenvalue weighted by Gasteiger charge is 2.47. The van der Waals surface area contributed by atoms with Crippen LogP contribution in [0.3, 0.4) is 0 Å². The van der Waals surface area contributed by atoms with Crippen LogP contribution in [0.25, 0.3) is 0 Å². The van der Waals surface area contributed by atoms with Crippen LogP contribution >= 0.6 is 7.82 Å². The zero-order chi connectivity index (χ0) is 15.3. The molecule has 8 nitrogen and oxygen atoms in total. The third kappa shape index (κ3) is 5.09. The summed E-state index contributed by atoms with van der Waals surface area (Å²) in [5.41, 5.74) is 0. The molecule has 0 amide bonds. The van der Waals surface area contributed by atoms with E-state index in [9.17, 15) is 4.57 Å². The van der Waals surface area contributed by atoms with Crippen LogP contribution in [0, 0.1) is 0 Å². The summed E-state index contributed by atoms with van der Waals surface area (Å²) >= 11 is 0. The van der Waals surface area contributed by atoms with E-state index in [0.717, 1.165) is 0 Å². The molecule has 0 aromatic rings. The fourth-order valence-corrected chi connectivity index (χ4v) is 2.64.